The van der Waals surface area contributed by atoms with Gasteiger partial charge in [-0.3, -0.25) is 0 Å². The molecule has 0 aromatic heterocycles. The van der Waals surface area contributed by atoms with Gasteiger partial charge in [0.1, 0.15) is 52.5 Å². The van der Waals surface area contributed by atoms with Gasteiger partial charge in [0.05, 0.1) is 5.56 Å². The fourth-order valence-electron chi connectivity index (χ4n) is 5.48. The number of nitriles is 2. The second-order valence-electron chi connectivity index (χ2n) is 11.1. The van der Waals surface area contributed by atoms with Crippen molar-refractivity contribution in [1.82, 2.24) is 0 Å². The summed E-state index contributed by atoms with van der Waals surface area (Å²) in [5.74, 6) is -7.48. The van der Waals surface area contributed by atoms with Crippen LogP contribution in [-0.4, -0.2) is 71.5 Å². The molecule has 1 aliphatic carbocycles. The minimum absolute atomic E-state index is 0.000918. The van der Waals surface area contributed by atoms with Crippen molar-refractivity contribution in [1.29, 1.82) is 10.5 Å². The third kappa shape index (κ3) is 4.87. The number of allylic oxidation sites excluding steroid dienone is 5. The molecule has 2 aromatic carbocycles. The smallest absolute Gasteiger partial charge is 0.339 e. The highest BCUT2D eigenvalue weighted by Gasteiger charge is 2.47. The Morgan fingerprint density at radius 3 is 2.28 bits per heavy atom. The predicted octanol–water partition coefficient (Wildman–Crippen LogP) is 4.21. The molecular formula is C31H30F3N4O4Si+. The van der Waals surface area contributed by atoms with E-state index in [4.69, 9.17) is 9.47 Å². The van der Waals surface area contributed by atoms with Crippen molar-refractivity contribution >= 4 is 36.2 Å². The molecule has 1 aliphatic heterocycles. The van der Waals surface area contributed by atoms with Crippen molar-refractivity contribution in [2.24, 2.45) is 0 Å². The molecule has 8 nitrogen and oxygen atoms in total. The number of ether oxygens (including phenoxy) is 2. The summed E-state index contributed by atoms with van der Waals surface area (Å²) >= 11 is 0. The number of hydrogen-bond acceptors (Lipinski definition) is 6. The van der Waals surface area contributed by atoms with E-state index in [0.29, 0.717) is 11.1 Å². The van der Waals surface area contributed by atoms with E-state index in [0.717, 1.165) is 28.9 Å². The van der Waals surface area contributed by atoms with E-state index >= 15 is 13.2 Å². The molecule has 0 bridgehead atoms. The zero-order valence-corrected chi connectivity index (χ0v) is 25.8. The lowest BCUT2D eigenvalue weighted by molar-refractivity contribution is -0.462. The Kier molecular flexibility index (Phi) is 8.26. The Morgan fingerprint density at radius 2 is 1.74 bits per heavy atom. The highest BCUT2D eigenvalue weighted by Crippen LogP contribution is 2.46. The summed E-state index contributed by atoms with van der Waals surface area (Å²) in [7, 11) is 6.00. The van der Waals surface area contributed by atoms with Gasteiger partial charge in [-0.15, -0.1) is 0 Å². The molecule has 0 amide bonds. The molecule has 0 spiro atoms. The van der Waals surface area contributed by atoms with Crippen LogP contribution in [0.25, 0.3) is 5.57 Å². The van der Waals surface area contributed by atoms with Gasteiger partial charge < -0.3 is 19.5 Å². The van der Waals surface area contributed by atoms with Gasteiger partial charge >= 0.3 is 5.97 Å². The van der Waals surface area contributed by atoms with Crippen molar-refractivity contribution in [2.45, 2.75) is 18.7 Å². The van der Waals surface area contributed by atoms with Crippen LogP contribution in [0.5, 0.6) is 0 Å². The van der Waals surface area contributed by atoms with Gasteiger partial charge in [0.25, 0.3) is 5.60 Å². The van der Waals surface area contributed by atoms with Crippen molar-refractivity contribution in [3.63, 3.8) is 0 Å². The Morgan fingerprint density at radius 1 is 1.09 bits per heavy atom. The van der Waals surface area contributed by atoms with E-state index in [1.165, 1.54) is 12.1 Å². The fourth-order valence-corrected chi connectivity index (χ4v) is 8.55. The van der Waals surface area contributed by atoms with Crippen molar-refractivity contribution in [3.8, 4) is 12.1 Å². The van der Waals surface area contributed by atoms with E-state index in [2.05, 4.69) is 13.1 Å². The molecule has 1 N–H and O–H groups in total. The molecule has 2 aromatic rings. The van der Waals surface area contributed by atoms with Gasteiger partial charge in [-0.1, -0.05) is 19.2 Å². The molecule has 1 heterocycles. The lowest BCUT2D eigenvalue weighted by Gasteiger charge is -2.38. The summed E-state index contributed by atoms with van der Waals surface area (Å²) < 4.78 is 60.1. The van der Waals surface area contributed by atoms with Crippen LogP contribution in [0, 0.1) is 40.1 Å². The Balaban J connectivity index is 2.28. The number of fused-ring (bicyclic) bond motifs is 2. The van der Waals surface area contributed by atoms with E-state index in [1.54, 1.807) is 24.3 Å². The van der Waals surface area contributed by atoms with Gasteiger partial charge in [-0.25, -0.2) is 22.5 Å². The summed E-state index contributed by atoms with van der Waals surface area (Å²) in [6.07, 6.45) is 5.40. The molecular weight excluding hydrogens is 577 g/mol. The number of aromatic carboxylic acids is 1. The third-order valence-corrected chi connectivity index (χ3v) is 11.3. The summed E-state index contributed by atoms with van der Waals surface area (Å²) in [5, 5.41) is 31.5. The molecule has 0 unspecified atom stereocenters. The van der Waals surface area contributed by atoms with Crippen LogP contribution in [0.4, 0.5) is 18.9 Å². The number of carboxylic acids is 1. The Labute approximate surface area is 248 Å². The summed E-state index contributed by atoms with van der Waals surface area (Å²) in [6, 6.07) is 8.25. The molecule has 222 valence electrons. The monoisotopic (exact) mass is 607 g/mol. The maximum atomic E-state index is 16.9. The molecule has 4 rings (SSSR count). The number of hydrogen-bond donors (Lipinski definition) is 1. The first-order valence-corrected chi connectivity index (χ1v) is 16.1. The standard InChI is InChI=1S/C31H29F3N4O4Si/c1-37(2)17-8-10-19-21(12-17)43(6,7)22-13-18(38(3)4)9-11-20(22)23(19)24-25(30(39)40)28(33)29(34)26(27(24)32)31(14-35,15-36)42-16-41-5/h8-13H,16H2,1-7H3/p+1. The number of anilines is 1. The molecule has 2 aliphatic rings. The maximum absolute atomic E-state index is 16.9. The van der Waals surface area contributed by atoms with Crippen LogP contribution in [0.15, 0.2) is 47.2 Å². The van der Waals surface area contributed by atoms with Gasteiger partial charge in [-0.2, -0.15) is 10.5 Å². The largest absolute Gasteiger partial charge is 0.478 e. The number of rotatable bonds is 7. The first-order chi connectivity index (χ1) is 20.2. The predicted molar refractivity (Wildman–Crippen MR) is 157 cm³/mol. The lowest BCUT2D eigenvalue weighted by Crippen LogP contribution is -2.50. The van der Waals surface area contributed by atoms with Gasteiger partial charge in [0, 0.05) is 44.6 Å². The van der Waals surface area contributed by atoms with Crippen LogP contribution in [0.2, 0.25) is 13.1 Å². The van der Waals surface area contributed by atoms with Crippen molar-refractivity contribution in [2.75, 3.05) is 47.0 Å². The van der Waals surface area contributed by atoms with E-state index in [1.807, 2.05) is 49.8 Å². The lowest BCUT2D eigenvalue weighted by atomic mass is 9.83. The average Bonchev–Trinajstić information content (AvgIpc) is 2.97. The normalized spacial score (nSPS) is 15.3. The van der Waals surface area contributed by atoms with Crippen LogP contribution < -0.4 is 10.1 Å². The number of carboxylic acid groups (broad SMARTS) is 1. The second kappa shape index (κ2) is 11.3. The molecule has 0 fully saturated rings. The van der Waals surface area contributed by atoms with Gasteiger partial charge in [-0.05, 0) is 45.3 Å². The van der Waals surface area contributed by atoms with Crippen LogP contribution >= 0.6 is 0 Å². The zero-order valence-electron chi connectivity index (χ0n) is 24.8. The van der Waals surface area contributed by atoms with Crippen molar-refractivity contribution < 1.29 is 37.1 Å². The van der Waals surface area contributed by atoms with E-state index in [9.17, 15) is 20.4 Å². The molecule has 43 heavy (non-hydrogen) atoms. The highest BCUT2D eigenvalue weighted by atomic mass is 28.3. The summed E-state index contributed by atoms with van der Waals surface area (Å²) in [5.41, 5.74) is -3.88. The molecule has 0 saturated carbocycles. The minimum Gasteiger partial charge on any atom is -0.478 e. The van der Waals surface area contributed by atoms with E-state index < -0.39 is 60.6 Å². The third-order valence-electron chi connectivity index (χ3n) is 7.77. The molecule has 0 radical (unpaired) electrons. The minimum atomic E-state index is -2.99. The second-order valence-corrected chi connectivity index (χ2v) is 15.4. The number of nitrogens with zero attached hydrogens (tertiary/aromatic N) is 4. The summed E-state index contributed by atoms with van der Waals surface area (Å²) in [4.78, 5) is 14.4. The highest BCUT2D eigenvalue weighted by molar-refractivity contribution is 6.98. The molecule has 12 heteroatoms. The topological polar surface area (TPSA) is 110 Å². The van der Waals surface area contributed by atoms with Crippen LogP contribution in [-0.2, 0) is 15.1 Å². The zero-order chi connectivity index (χ0) is 32.0. The number of methoxy groups -OCH3 is 1. The molecule has 0 saturated heterocycles. The first kappa shape index (κ1) is 31.4. The first-order valence-electron chi connectivity index (χ1n) is 13.1. The quantitative estimate of drug-likeness (QED) is 0.217. The fraction of sp³-hybridized carbons (Fsp3) is 0.290. The van der Waals surface area contributed by atoms with Crippen LogP contribution in [0.3, 0.4) is 0 Å². The van der Waals surface area contributed by atoms with Gasteiger partial charge in [0.2, 0.25) is 0 Å². The molecule has 0 atom stereocenters. The average molecular weight is 608 g/mol. The number of halogens is 3. The maximum Gasteiger partial charge on any atom is 0.339 e. The summed E-state index contributed by atoms with van der Waals surface area (Å²) in [6.45, 7) is 3.46. The number of carbonyl (C=O) groups is 1. The number of benzene rings is 2. The van der Waals surface area contributed by atoms with Crippen LogP contribution in [0.1, 0.15) is 27.0 Å². The Hall–Kier alpha value is -4.49. The van der Waals surface area contributed by atoms with Gasteiger partial charge in [0.15, 0.2) is 17.3 Å². The van der Waals surface area contributed by atoms with E-state index in [-0.39, 0.29) is 5.57 Å². The Bertz CT molecular complexity index is 1760. The van der Waals surface area contributed by atoms with Crippen molar-refractivity contribution in [3.05, 3.63) is 86.9 Å². The SMILES string of the molecule is COCOC(C#N)(C#N)c1c(F)c(F)c(C(=O)O)c(C2=C3C=CC(=[N+](C)C)C=C3[Si](C)(C)c3cc(N(C)C)ccc32)c1F.